The zero-order valence-corrected chi connectivity index (χ0v) is 10.9. The van der Waals surface area contributed by atoms with Crippen LogP contribution in [0.5, 0.6) is 0 Å². The van der Waals surface area contributed by atoms with Gasteiger partial charge in [-0.05, 0) is 50.8 Å². The molecule has 17 heavy (non-hydrogen) atoms. The van der Waals surface area contributed by atoms with Crippen LogP contribution in [0.2, 0.25) is 0 Å². The zero-order valence-electron chi connectivity index (χ0n) is 10.9. The van der Waals surface area contributed by atoms with Crippen LogP contribution < -0.4 is 5.73 Å². The van der Waals surface area contributed by atoms with Gasteiger partial charge in [0, 0.05) is 11.6 Å². The smallest absolute Gasteiger partial charge is 0.260 e. The van der Waals surface area contributed by atoms with Crippen LogP contribution in [0.25, 0.3) is 0 Å². The van der Waals surface area contributed by atoms with E-state index >= 15 is 0 Å². The monoisotopic (exact) mass is 238 g/mol. The molecule has 0 aromatic carbocycles. The molecule has 2 atom stereocenters. The van der Waals surface area contributed by atoms with E-state index in [-0.39, 0.29) is 12.0 Å². The maximum Gasteiger partial charge on any atom is 0.260 e. The number of ether oxygens (including phenoxy) is 1. The molecule has 3 N–H and O–H groups in total. The van der Waals surface area contributed by atoms with Gasteiger partial charge >= 0.3 is 0 Å². The van der Waals surface area contributed by atoms with Crippen molar-refractivity contribution in [2.24, 2.45) is 11.7 Å². The Labute approximate surface area is 104 Å². The fraction of sp³-hybridized carbons (Fsp3) is 0.750. The van der Waals surface area contributed by atoms with Crippen LogP contribution in [0.4, 0.5) is 0 Å². The fourth-order valence-corrected chi connectivity index (χ4v) is 2.41. The van der Waals surface area contributed by atoms with E-state index in [4.69, 9.17) is 20.5 Å². The summed E-state index contributed by atoms with van der Waals surface area (Å²) in [6.07, 6.45) is 6.96. The summed E-state index contributed by atoms with van der Waals surface area (Å²) in [5, 5.41) is 7.80. The Hall–Kier alpha value is -0.805. The molecule has 0 spiro atoms. The SMILES string of the molecule is BOCOC1CCCC(C(C)=N)/C(=C\N)CC1. The normalized spacial score (nSPS) is 28.6. The van der Waals surface area contributed by atoms with E-state index in [0.717, 1.165) is 37.8 Å². The largest absolute Gasteiger partial charge is 0.423 e. The van der Waals surface area contributed by atoms with Crippen molar-refractivity contribution < 1.29 is 9.39 Å². The van der Waals surface area contributed by atoms with Gasteiger partial charge in [-0.25, -0.2) is 0 Å². The summed E-state index contributed by atoms with van der Waals surface area (Å²) in [5.74, 6) is 0.239. The van der Waals surface area contributed by atoms with E-state index in [9.17, 15) is 0 Å². The molecule has 0 heterocycles. The summed E-state index contributed by atoms with van der Waals surface area (Å²) >= 11 is 0. The highest BCUT2D eigenvalue weighted by molar-refractivity contribution is 5.97. The predicted molar refractivity (Wildman–Crippen MR) is 71.6 cm³/mol. The molecule has 0 bridgehead atoms. The van der Waals surface area contributed by atoms with Crippen LogP contribution in [0.1, 0.15) is 39.0 Å². The molecular weight excluding hydrogens is 215 g/mol. The molecule has 0 amide bonds. The lowest BCUT2D eigenvalue weighted by Gasteiger charge is -2.26. The van der Waals surface area contributed by atoms with Crippen molar-refractivity contribution in [2.45, 2.75) is 45.1 Å². The van der Waals surface area contributed by atoms with Crippen molar-refractivity contribution in [1.82, 2.24) is 0 Å². The molecule has 0 aromatic heterocycles. The lowest BCUT2D eigenvalue weighted by atomic mass is 9.83. The first kappa shape index (κ1) is 14.3. The highest BCUT2D eigenvalue weighted by Gasteiger charge is 2.22. The Morgan fingerprint density at radius 3 is 2.88 bits per heavy atom. The molecular formula is C12H23BN2O2. The summed E-state index contributed by atoms with van der Waals surface area (Å²) in [4.78, 5) is 0. The zero-order chi connectivity index (χ0) is 12.7. The first-order valence-corrected chi connectivity index (χ1v) is 6.25. The van der Waals surface area contributed by atoms with Gasteiger partial charge in [0.25, 0.3) is 8.05 Å². The first-order valence-electron chi connectivity index (χ1n) is 6.25. The molecule has 96 valence electrons. The Morgan fingerprint density at radius 2 is 2.29 bits per heavy atom. The van der Waals surface area contributed by atoms with Crippen molar-refractivity contribution in [1.29, 1.82) is 5.41 Å². The van der Waals surface area contributed by atoms with Crippen molar-refractivity contribution in [3.8, 4) is 0 Å². The summed E-state index contributed by atoms with van der Waals surface area (Å²) in [7, 11) is 1.64. The van der Waals surface area contributed by atoms with Crippen molar-refractivity contribution in [2.75, 3.05) is 6.79 Å². The Bertz CT molecular complexity index is 282. The van der Waals surface area contributed by atoms with Gasteiger partial charge in [0.1, 0.15) is 6.79 Å². The second kappa shape index (κ2) is 7.51. The second-order valence-corrected chi connectivity index (χ2v) is 4.64. The summed E-state index contributed by atoms with van der Waals surface area (Å²) in [6.45, 7) is 2.23. The minimum Gasteiger partial charge on any atom is -0.423 e. The number of hydrogen-bond acceptors (Lipinski definition) is 4. The van der Waals surface area contributed by atoms with E-state index in [1.807, 2.05) is 6.92 Å². The van der Waals surface area contributed by atoms with Crippen LogP contribution in [0.15, 0.2) is 11.8 Å². The van der Waals surface area contributed by atoms with E-state index < -0.39 is 0 Å². The van der Waals surface area contributed by atoms with Gasteiger partial charge in [-0.3, -0.25) is 0 Å². The van der Waals surface area contributed by atoms with Gasteiger partial charge in [0.05, 0.1) is 6.10 Å². The molecule has 0 saturated heterocycles. The quantitative estimate of drug-likeness (QED) is 0.441. The number of allylic oxidation sites excluding steroid dienone is 1. The van der Waals surface area contributed by atoms with Gasteiger partial charge in [0.15, 0.2) is 0 Å². The van der Waals surface area contributed by atoms with Crippen LogP contribution in [0, 0.1) is 11.3 Å². The Balaban J connectivity index is 2.55. The molecule has 2 unspecified atom stereocenters. The average molecular weight is 238 g/mol. The minimum absolute atomic E-state index is 0.239. The third-order valence-electron chi connectivity index (χ3n) is 3.38. The standard InChI is InChI=1S/C12H23BN2O2/c1-9(15)12-4-2-3-11(16-8-17-13)6-5-10(12)7-14/h7,11-12,15H,2-6,8,13-14H2,1H3/b10-7-,15-9?. The van der Waals surface area contributed by atoms with Gasteiger partial charge < -0.3 is 20.5 Å². The highest BCUT2D eigenvalue weighted by Crippen LogP contribution is 2.28. The second-order valence-electron chi connectivity index (χ2n) is 4.64. The number of nitrogens with one attached hydrogen (secondary N) is 1. The van der Waals surface area contributed by atoms with Crippen molar-refractivity contribution >= 4 is 13.8 Å². The highest BCUT2D eigenvalue weighted by atomic mass is 16.6. The lowest BCUT2D eigenvalue weighted by molar-refractivity contribution is -0.0413. The molecule has 1 fully saturated rings. The summed E-state index contributed by atoms with van der Waals surface area (Å²) < 4.78 is 10.5. The van der Waals surface area contributed by atoms with Gasteiger partial charge in [-0.1, -0.05) is 0 Å². The lowest BCUT2D eigenvalue weighted by Crippen LogP contribution is -2.22. The maximum absolute atomic E-state index is 7.80. The number of hydrogen-bond donors (Lipinski definition) is 2. The molecule has 0 radical (unpaired) electrons. The third-order valence-corrected chi connectivity index (χ3v) is 3.38. The molecule has 5 heteroatoms. The molecule has 0 aromatic rings. The average Bonchev–Trinajstić information content (AvgIpc) is 2.28. The predicted octanol–water partition coefficient (Wildman–Crippen LogP) is 1.36. The van der Waals surface area contributed by atoms with Crippen LogP contribution in [-0.4, -0.2) is 26.7 Å². The van der Waals surface area contributed by atoms with E-state index in [1.165, 1.54) is 5.57 Å². The van der Waals surface area contributed by atoms with Crippen molar-refractivity contribution in [3.05, 3.63) is 11.8 Å². The third kappa shape index (κ3) is 4.52. The summed E-state index contributed by atoms with van der Waals surface area (Å²) in [5.41, 5.74) is 7.58. The fourth-order valence-electron chi connectivity index (χ4n) is 2.41. The molecule has 1 aliphatic rings. The molecule has 1 rings (SSSR count). The topological polar surface area (TPSA) is 68.3 Å². The van der Waals surface area contributed by atoms with Gasteiger partial charge in [-0.15, -0.1) is 0 Å². The summed E-state index contributed by atoms with van der Waals surface area (Å²) in [6, 6.07) is 0. The van der Waals surface area contributed by atoms with Gasteiger partial charge in [0.2, 0.25) is 0 Å². The number of rotatable bonds is 4. The van der Waals surface area contributed by atoms with Crippen LogP contribution in [0.3, 0.4) is 0 Å². The molecule has 0 aliphatic heterocycles. The van der Waals surface area contributed by atoms with Crippen LogP contribution >= 0.6 is 0 Å². The first-order chi connectivity index (χ1) is 8.19. The van der Waals surface area contributed by atoms with Crippen LogP contribution in [-0.2, 0) is 9.39 Å². The number of nitrogens with two attached hydrogens (primary N) is 1. The van der Waals surface area contributed by atoms with E-state index in [0.29, 0.717) is 6.79 Å². The molecule has 4 nitrogen and oxygen atoms in total. The molecule has 1 saturated carbocycles. The van der Waals surface area contributed by atoms with Gasteiger partial charge in [-0.2, -0.15) is 0 Å². The van der Waals surface area contributed by atoms with E-state index in [1.54, 1.807) is 14.2 Å². The Kier molecular flexibility index (Phi) is 6.30. The minimum atomic E-state index is 0.239. The Morgan fingerprint density at radius 1 is 1.53 bits per heavy atom. The van der Waals surface area contributed by atoms with Crippen molar-refractivity contribution in [3.63, 3.8) is 0 Å². The molecule has 1 aliphatic carbocycles. The van der Waals surface area contributed by atoms with E-state index in [2.05, 4.69) is 0 Å². The maximum atomic E-state index is 7.80.